The van der Waals surface area contributed by atoms with Gasteiger partial charge in [-0.25, -0.2) is 0 Å². The molecule has 0 bridgehead atoms. The van der Waals surface area contributed by atoms with Crippen molar-refractivity contribution in [2.45, 2.75) is 26.7 Å². The van der Waals surface area contributed by atoms with Crippen LogP contribution in [0.1, 0.15) is 26.7 Å². The zero-order valence-corrected chi connectivity index (χ0v) is 10.1. The van der Waals surface area contributed by atoms with Crippen molar-refractivity contribution in [3.63, 3.8) is 0 Å². The van der Waals surface area contributed by atoms with E-state index < -0.39 is 0 Å². The summed E-state index contributed by atoms with van der Waals surface area (Å²) in [6.45, 7) is 4.50. The molecule has 0 fully saturated rings. The maximum atomic E-state index is 8.19. The Morgan fingerprint density at radius 2 is 1.09 bits per heavy atom. The summed E-state index contributed by atoms with van der Waals surface area (Å²) in [6.07, 6.45) is 1.75. The molecule has 2 N–H and O–H groups in total. The van der Waals surface area contributed by atoms with Gasteiger partial charge in [0.1, 0.15) is 0 Å². The van der Waals surface area contributed by atoms with Crippen LogP contribution in [0.25, 0.3) is 0 Å². The first-order valence-corrected chi connectivity index (χ1v) is 3.80. The van der Waals surface area contributed by atoms with E-state index in [1.807, 2.05) is 13.8 Å². The van der Waals surface area contributed by atoms with Crippen LogP contribution < -0.4 is 0 Å². The minimum absolute atomic E-state index is 0. The van der Waals surface area contributed by atoms with Crippen molar-refractivity contribution in [3.8, 4) is 0 Å². The van der Waals surface area contributed by atoms with E-state index in [2.05, 4.69) is 0 Å². The maximum absolute atomic E-state index is 8.19. The second-order valence-corrected chi connectivity index (χ2v) is 1.45. The summed E-state index contributed by atoms with van der Waals surface area (Å²) in [5, 5.41) is 15.8. The third kappa shape index (κ3) is 107. The second-order valence-electron chi connectivity index (χ2n) is 1.45. The van der Waals surface area contributed by atoms with Crippen molar-refractivity contribution in [2.24, 2.45) is 0 Å². The van der Waals surface area contributed by atoms with E-state index in [1.165, 1.54) is 0 Å². The SMILES string of the molecule is Br.CCCO.CCCO.[O]=[V]. The topological polar surface area (TPSA) is 57.5 Å². The molecule has 5 heteroatoms. The quantitative estimate of drug-likeness (QED) is 0.792. The predicted molar refractivity (Wildman–Crippen MR) is 45.8 cm³/mol. The van der Waals surface area contributed by atoms with E-state index in [9.17, 15) is 0 Å². The van der Waals surface area contributed by atoms with E-state index in [0.29, 0.717) is 13.2 Å². The van der Waals surface area contributed by atoms with Gasteiger partial charge in [-0.05, 0) is 12.8 Å². The van der Waals surface area contributed by atoms with Gasteiger partial charge < -0.3 is 10.2 Å². The van der Waals surface area contributed by atoms with E-state index in [1.54, 1.807) is 0 Å². The molecule has 0 aliphatic heterocycles. The Bertz CT molecular complexity index is 33.0. The molecule has 0 unspecified atom stereocenters. The first kappa shape index (κ1) is 22.6. The zero-order valence-electron chi connectivity index (χ0n) is 6.99. The van der Waals surface area contributed by atoms with Crippen molar-refractivity contribution < 1.29 is 31.3 Å². The molecule has 0 aromatic rings. The standard InChI is InChI=1S/2C3H8O.BrH.O.V/c2*1-2-3-4;;;/h2*4H,2-3H2,1H3;1H;;. The predicted octanol–water partition coefficient (Wildman–Crippen LogP) is 1.23. The summed E-state index contributed by atoms with van der Waals surface area (Å²) in [4.78, 5) is 0. The Kier molecular flexibility index (Phi) is 92.7. The van der Waals surface area contributed by atoms with Gasteiger partial charge in [-0.3, -0.25) is 0 Å². The molecule has 0 aromatic heterocycles. The van der Waals surface area contributed by atoms with Gasteiger partial charge in [-0.15, -0.1) is 17.0 Å². The Morgan fingerprint density at radius 3 is 1.09 bits per heavy atom. The monoisotopic (exact) mass is 267 g/mol. The number of halogens is 1. The molecule has 0 rings (SSSR count). The average molecular weight is 268 g/mol. The van der Waals surface area contributed by atoms with Gasteiger partial charge in [0, 0.05) is 13.2 Å². The summed E-state index contributed by atoms with van der Waals surface area (Å²) in [7, 11) is 0. The van der Waals surface area contributed by atoms with Crippen LogP contribution in [0.4, 0.5) is 0 Å². The Morgan fingerprint density at radius 1 is 1.00 bits per heavy atom. The van der Waals surface area contributed by atoms with Gasteiger partial charge in [-0.2, -0.15) is 0 Å². The van der Waals surface area contributed by atoms with Crippen LogP contribution in [0.3, 0.4) is 0 Å². The number of hydrogen-bond acceptors (Lipinski definition) is 3. The fourth-order valence-electron chi connectivity index (χ4n) is 0. The first-order valence-electron chi connectivity index (χ1n) is 3.23. The second kappa shape index (κ2) is 45.1. The number of aliphatic hydroxyl groups excluding tert-OH is 2. The van der Waals surface area contributed by atoms with Crippen LogP contribution >= 0.6 is 17.0 Å². The number of aliphatic hydroxyl groups is 2. The number of rotatable bonds is 2. The summed E-state index contributed by atoms with van der Waals surface area (Å²) < 4.78 is 8.19. The molecule has 3 nitrogen and oxygen atoms in total. The molecule has 0 aliphatic carbocycles. The fraction of sp³-hybridized carbons (Fsp3) is 1.00. The Hall–Kier alpha value is 0.784. The molecular formula is C6H17BrO3V. The van der Waals surface area contributed by atoms with E-state index in [0.717, 1.165) is 30.2 Å². The third-order valence-electron chi connectivity index (χ3n) is 0.447. The van der Waals surface area contributed by atoms with Crippen LogP contribution in [0.5, 0.6) is 0 Å². The molecule has 0 radical (unpaired) electrons. The molecule has 0 aliphatic rings. The van der Waals surface area contributed by atoms with Crippen LogP contribution in [-0.4, -0.2) is 23.4 Å². The molecule has 71 valence electrons. The minimum atomic E-state index is 0. The molecule has 0 aromatic carbocycles. The van der Waals surface area contributed by atoms with Crippen LogP contribution in [-0.2, 0) is 21.0 Å². The molecule has 0 heterocycles. The molecule has 0 spiro atoms. The Labute approximate surface area is 88.2 Å². The molecule has 0 saturated heterocycles. The van der Waals surface area contributed by atoms with Gasteiger partial charge in [-0.1, -0.05) is 13.8 Å². The summed E-state index contributed by atoms with van der Waals surface area (Å²) in [6, 6.07) is 0. The van der Waals surface area contributed by atoms with Gasteiger partial charge in [0.15, 0.2) is 0 Å². The van der Waals surface area contributed by atoms with Crippen LogP contribution in [0.15, 0.2) is 0 Å². The fourth-order valence-corrected chi connectivity index (χ4v) is 0. The van der Waals surface area contributed by atoms with Crippen LogP contribution in [0.2, 0.25) is 0 Å². The van der Waals surface area contributed by atoms with Gasteiger partial charge in [0.05, 0.1) is 0 Å². The molecule has 0 atom stereocenters. The third-order valence-corrected chi connectivity index (χ3v) is 0.447. The van der Waals surface area contributed by atoms with Crippen molar-refractivity contribution in [2.75, 3.05) is 13.2 Å². The van der Waals surface area contributed by atoms with E-state index in [-0.39, 0.29) is 17.0 Å². The average Bonchev–Trinajstić information content (AvgIpc) is 2.08. The van der Waals surface area contributed by atoms with Crippen molar-refractivity contribution in [1.29, 1.82) is 0 Å². The van der Waals surface area contributed by atoms with Crippen molar-refractivity contribution in [3.05, 3.63) is 0 Å². The van der Waals surface area contributed by atoms with Crippen LogP contribution in [0, 0.1) is 0 Å². The summed E-state index contributed by atoms with van der Waals surface area (Å²) in [5.41, 5.74) is 0. The molecule has 11 heavy (non-hydrogen) atoms. The normalized spacial score (nSPS) is 5.73. The van der Waals surface area contributed by atoms with Gasteiger partial charge in [0.2, 0.25) is 0 Å². The van der Waals surface area contributed by atoms with E-state index in [4.69, 9.17) is 13.9 Å². The summed E-state index contributed by atoms with van der Waals surface area (Å²) in [5.74, 6) is 0. The van der Waals surface area contributed by atoms with Crippen molar-refractivity contribution >= 4 is 17.0 Å². The first-order chi connectivity index (χ1) is 4.83. The summed E-state index contributed by atoms with van der Waals surface area (Å²) >= 11 is 1.06. The Balaban J connectivity index is -0.0000000339. The van der Waals surface area contributed by atoms with Gasteiger partial charge >= 0.3 is 21.0 Å². The zero-order chi connectivity index (χ0) is 8.83. The molecule has 0 amide bonds. The van der Waals surface area contributed by atoms with Gasteiger partial charge in [0.25, 0.3) is 0 Å². The molecule has 0 saturated carbocycles. The molecular weight excluding hydrogens is 251 g/mol. The number of hydrogen-bond donors (Lipinski definition) is 2. The van der Waals surface area contributed by atoms with Crippen molar-refractivity contribution in [1.82, 2.24) is 0 Å². The van der Waals surface area contributed by atoms with E-state index >= 15 is 0 Å².